The molecule has 2 saturated carbocycles. The van der Waals surface area contributed by atoms with Crippen molar-refractivity contribution in [2.75, 3.05) is 5.73 Å². The molecule has 3 nitrogen and oxygen atoms in total. The van der Waals surface area contributed by atoms with Crippen LogP contribution in [-0.2, 0) is 6.42 Å². The van der Waals surface area contributed by atoms with Gasteiger partial charge in [-0.2, -0.15) is 5.10 Å². The number of aromatic nitrogens is 2. The second-order valence-corrected chi connectivity index (χ2v) is 7.44. The Bertz CT molecular complexity index is 664. The Hall–Kier alpha value is -1.29. The summed E-state index contributed by atoms with van der Waals surface area (Å²) in [4.78, 5) is 0. The summed E-state index contributed by atoms with van der Waals surface area (Å²) in [5.41, 5.74) is 9.56. The lowest BCUT2D eigenvalue weighted by Crippen LogP contribution is -2.13. The molecule has 1 heterocycles. The maximum atomic E-state index is 6.13. The lowest BCUT2D eigenvalue weighted by molar-refractivity contribution is 0.329. The number of nitrogens with one attached hydrogen (secondary N) is 1. The van der Waals surface area contributed by atoms with Gasteiger partial charge >= 0.3 is 0 Å². The number of hydrogen-bond donors (Lipinski definition) is 2. The quantitative estimate of drug-likeness (QED) is 0.865. The lowest BCUT2D eigenvalue weighted by Gasteiger charge is -2.21. The van der Waals surface area contributed by atoms with Gasteiger partial charge in [-0.15, -0.1) is 0 Å². The SMILES string of the molecule is Nc1n[nH]c(CC2CC3CCC2C3)c1-c1ccccc1Br. The van der Waals surface area contributed by atoms with Crippen LogP contribution in [0.4, 0.5) is 5.82 Å². The third-order valence-electron chi connectivity index (χ3n) is 5.36. The van der Waals surface area contributed by atoms with E-state index in [0.717, 1.165) is 39.8 Å². The van der Waals surface area contributed by atoms with Crippen LogP contribution in [-0.4, -0.2) is 10.2 Å². The molecule has 1 aromatic carbocycles. The van der Waals surface area contributed by atoms with E-state index in [9.17, 15) is 0 Å². The molecule has 3 atom stereocenters. The largest absolute Gasteiger partial charge is 0.382 e. The molecule has 1 aromatic heterocycles. The Morgan fingerprint density at radius 2 is 2.10 bits per heavy atom. The van der Waals surface area contributed by atoms with Crippen LogP contribution >= 0.6 is 15.9 Å². The number of aromatic amines is 1. The molecule has 2 bridgehead atoms. The molecule has 3 N–H and O–H groups in total. The Morgan fingerprint density at radius 1 is 1.24 bits per heavy atom. The van der Waals surface area contributed by atoms with Gasteiger partial charge in [0.15, 0.2) is 5.82 Å². The van der Waals surface area contributed by atoms with E-state index in [1.165, 1.54) is 31.4 Å². The van der Waals surface area contributed by atoms with Gasteiger partial charge in [0, 0.05) is 21.3 Å². The van der Waals surface area contributed by atoms with E-state index in [4.69, 9.17) is 5.73 Å². The fraction of sp³-hybridized carbons (Fsp3) is 0.471. The van der Waals surface area contributed by atoms with E-state index in [2.05, 4.69) is 38.3 Å². The molecule has 4 heteroatoms. The van der Waals surface area contributed by atoms with Gasteiger partial charge in [-0.05, 0) is 49.5 Å². The first kappa shape index (κ1) is 13.4. The summed E-state index contributed by atoms with van der Waals surface area (Å²) in [6, 6.07) is 8.24. The number of H-pyrrole nitrogens is 1. The summed E-state index contributed by atoms with van der Waals surface area (Å²) in [7, 11) is 0. The van der Waals surface area contributed by atoms with Gasteiger partial charge in [-0.1, -0.05) is 40.5 Å². The van der Waals surface area contributed by atoms with Crippen molar-refractivity contribution < 1.29 is 0 Å². The maximum Gasteiger partial charge on any atom is 0.153 e. The van der Waals surface area contributed by atoms with Crippen LogP contribution < -0.4 is 5.73 Å². The van der Waals surface area contributed by atoms with E-state index in [-0.39, 0.29) is 0 Å². The average molecular weight is 346 g/mol. The zero-order valence-electron chi connectivity index (χ0n) is 12.0. The molecule has 21 heavy (non-hydrogen) atoms. The third kappa shape index (κ3) is 2.30. The molecule has 2 aliphatic rings. The highest BCUT2D eigenvalue weighted by atomic mass is 79.9. The number of nitrogens with zero attached hydrogens (tertiary/aromatic N) is 1. The standard InChI is InChI=1S/C17H20BrN3/c18-14-4-2-1-3-13(14)16-15(20-21-17(16)19)9-12-8-10-5-6-11(12)7-10/h1-4,10-12H,5-9H2,(H3,19,20,21). The van der Waals surface area contributed by atoms with Crippen molar-refractivity contribution in [2.45, 2.75) is 32.1 Å². The summed E-state index contributed by atoms with van der Waals surface area (Å²) >= 11 is 3.63. The summed E-state index contributed by atoms with van der Waals surface area (Å²) in [6.45, 7) is 0. The molecule has 2 aromatic rings. The minimum absolute atomic E-state index is 0.611. The number of nitrogens with two attached hydrogens (primary N) is 1. The van der Waals surface area contributed by atoms with E-state index < -0.39 is 0 Å². The first-order valence-corrected chi connectivity index (χ1v) is 8.59. The molecule has 0 spiro atoms. The fourth-order valence-electron chi connectivity index (χ4n) is 4.39. The zero-order chi connectivity index (χ0) is 14.4. The number of halogens is 1. The van der Waals surface area contributed by atoms with Gasteiger partial charge in [0.2, 0.25) is 0 Å². The van der Waals surface area contributed by atoms with Crippen molar-refractivity contribution in [3.05, 3.63) is 34.4 Å². The monoisotopic (exact) mass is 345 g/mol. The van der Waals surface area contributed by atoms with E-state index >= 15 is 0 Å². The van der Waals surface area contributed by atoms with Gasteiger partial charge in [0.1, 0.15) is 0 Å². The van der Waals surface area contributed by atoms with Crippen LogP contribution in [0.1, 0.15) is 31.4 Å². The van der Waals surface area contributed by atoms with Crippen LogP contribution in [0.15, 0.2) is 28.7 Å². The fourth-order valence-corrected chi connectivity index (χ4v) is 4.88. The first-order valence-electron chi connectivity index (χ1n) is 7.80. The van der Waals surface area contributed by atoms with Gasteiger partial charge in [0.05, 0.1) is 0 Å². The Morgan fingerprint density at radius 3 is 2.81 bits per heavy atom. The minimum atomic E-state index is 0.611. The summed E-state index contributed by atoms with van der Waals surface area (Å²) in [5.74, 6) is 3.32. The molecule has 0 aliphatic heterocycles. The third-order valence-corrected chi connectivity index (χ3v) is 6.05. The number of nitrogen functional groups attached to an aromatic ring is 1. The molecule has 0 amide bonds. The van der Waals surface area contributed by atoms with Crippen LogP contribution in [0.5, 0.6) is 0 Å². The number of anilines is 1. The molecule has 2 fully saturated rings. The molecular weight excluding hydrogens is 326 g/mol. The molecule has 3 unspecified atom stereocenters. The lowest BCUT2D eigenvalue weighted by atomic mass is 9.84. The summed E-state index contributed by atoms with van der Waals surface area (Å²) in [6.07, 6.45) is 6.78. The Balaban J connectivity index is 1.66. The van der Waals surface area contributed by atoms with Crippen molar-refractivity contribution in [3.8, 4) is 11.1 Å². The van der Waals surface area contributed by atoms with Crippen molar-refractivity contribution in [2.24, 2.45) is 17.8 Å². The van der Waals surface area contributed by atoms with Crippen molar-refractivity contribution in [1.82, 2.24) is 10.2 Å². The molecule has 0 radical (unpaired) electrons. The van der Waals surface area contributed by atoms with Crippen LogP contribution in [0, 0.1) is 17.8 Å². The second-order valence-electron chi connectivity index (χ2n) is 6.58. The van der Waals surface area contributed by atoms with Crippen LogP contribution in [0.25, 0.3) is 11.1 Å². The Labute approximate surface area is 133 Å². The highest BCUT2D eigenvalue weighted by molar-refractivity contribution is 9.10. The molecule has 110 valence electrons. The molecule has 2 aliphatic carbocycles. The smallest absolute Gasteiger partial charge is 0.153 e. The van der Waals surface area contributed by atoms with E-state index in [1.54, 1.807) is 0 Å². The van der Waals surface area contributed by atoms with Gasteiger partial charge < -0.3 is 5.73 Å². The number of rotatable bonds is 3. The van der Waals surface area contributed by atoms with Crippen molar-refractivity contribution in [3.63, 3.8) is 0 Å². The van der Waals surface area contributed by atoms with Crippen molar-refractivity contribution >= 4 is 21.7 Å². The highest BCUT2D eigenvalue weighted by Crippen LogP contribution is 2.50. The zero-order valence-corrected chi connectivity index (χ0v) is 13.6. The summed E-state index contributed by atoms with van der Waals surface area (Å²) < 4.78 is 1.08. The maximum absolute atomic E-state index is 6.13. The summed E-state index contributed by atoms with van der Waals surface area (Å²) in [5, 5.41) is 7.46. The van der Waals surface area contributed by atoms with Gasteiger partial charge in [0.25, 0.3) is 0 Å². The van der Waals surface area contributed by atoms with Crippen LogP contribution in [0.2, 0.25) is 0 Å². The normalized spacial score (nSPS) is 27.4. The van der Waals surface area contributed by atoms with Gasteiger partial charge in [-0.25, -0.2) is 0 Å². The molecule has 0 saturated heterocycles. The van der Waals surface area contributed by atoms with Crippen molar-refractivity contribution in [1.29, 1.82) is 0 Å². The minimum Gasteiger partial charge on any atom is -0.382 e. The van der Waals surface area contributed by atoms with E-state index in [0.29, 0.717) is 5.82 Å². The number of fused-ring (bicyclic) bond motifs is 2. The van der Waals surface area contributed by atoms with E-state index in [1.807, 2.05) is 12.1 Å². The number of hydrogen-bond acceptors (Lipinski definition) is 2. The predicted molar refractivity (Wildman–Crippen MR) is 88.8 cm³/mol. The topological polar surface area (TPSA) is 54.7 Å². The highest BCUT2D eigenvalue weighted by Gasteiger charge is 2.39. The second kappa shape index (κ2) is 5.16. The predicted octanol–water partition coefficient (Wildman–Crippen LogP) is 4.40. The first-order chi connectivity index (χ1) is 10.2. The number of benzene rings is 1. The van der Waals surface area contributed by atoms with Gasteiger partial charge in [-0.3, -0.25) is 5.10 Å². The molecule has 4 rings (SSSR count). The average Bonchev–Trinajstić information content (AvgIpc) is 3.17. The van der Waals surface area contributed by atoms with Crippen LogP contribution in [0.3, 0.4) is 0 Å². The Kier molecular flexibility index (Phi) is 3.29. The molecular formula is C17H20BrN3.